The van der Waals surface area contributed by atoms with Gasteiger partial charge in [0.05, 0.1) is 20.3 Å². The average molecular weight is 449 g/mol. The number of esters is 1. The van der Waals surface area contributed by atoms with Gasteiger partial charge in [-0.2, -0.15) is 0 Å². The Kier molecular flexibility index (Phi) is 6.80. The number of carbonyl (C=O) groups excluding carboxylic acids is 1. The molecule has 0 amide bonds. The van der Waals surface area contributed by atoms with Crippen LogP contribution in [-0.2, 0) is 16.0 Å². The smallest absolute Gasteiger partial charge is 0.323 e. The van der Waals surface area contributed by atoms with Crippen LogP contribution in [0.1, 0.15) is 86.4 Å². The summed E-state index contributed by atoms with van der Waals surface area (Å²) in [4.78, 5) is 16.3. The summed E-state index contributed by atoms with van der Waals surface area (Å²) in [5.74, 6) is 1.50. The Morgan fingerprint density at radius 3 is 2.27 bits per heavy atom. The predicted molar refractivity (Wildman–Crippen MR) is 133 cm³/mol. The number of fused-ring (bicyclic) bond motifs is 3. The highest BCUT2D eigenvalue weighted by Crippen LogP contribution is 2.42. The Hall–Kier alpha value is -2.79. The first-order chi connectivity index (χ1) is 15.9. The molecule has 2 aromatic carbocycles. The summed E-state index contributed by atoms with van der Waals surface area (Å²) >= 11 is 0. The molecule has 1 aromatic heterocycles. The zero-order valence-electron chi connectivity index (χ0n) is 20.6. The molecule has 33 heavy (non-hydrogen) atoms. The fourth-order valence-corrected chi connectivity index (χ4v) is 5.06. The second-order valence-electron chi connectivity index (χ2n) is 9.29. The SMILES string of the molecule is CCC(C)c1cc(C2NC(C(=O)OC)Cc3c2[nH]c2ccccc32)cc(C(C)CC)c1OC. The normalized spacial score (nSPS) is 19.7. The highest BCUT2D eigenvalue weighted by atomic mass is 16.5. The quantitative estimate of drug-likeness (QED) is 0.437. The van der Waals surface area contributed by atoms with Gasteiger partial charge in [-0.05, 0) is 65.1 Å². The van der Waals surface area contributed by atoms with Crippen molar-refractivity contribution >= 4 is 16.9 Å². The van der Waals surface area contributed by atoms with Crippen LogP contribution in [0.2, 0.25) is 0 Å². The van der Waals surface area contributed by atoms with Crippen molar-refractivity contribution in [2.45, 2.75) is 70.9 Å². The number of H-pyrrole nitrogens is 1. The second-order valence-corrected chi connectivity index (χ2v) is 9.29. The van der Waals surface area contributed by atoms with E-state index in [0.717, 1.165) is 35.4 Å². The molecule has 0 spiro atoms. The molecule has 0 fully saturated rings. The fourth-order valence-electron chi connectivity index (χ4n) is 5.06. The van der Waals surface area contributed by atoms with Crippen LogP contribution in [0.25, 0.3) is 10.9 Å². The monoisotopic (exact) mass is 448 g/mol. The van der Waals surface area contributed by atoms with Crippen molar-refractivity contribution in [1.82, 2.24) is 10.3 Å². The predicted octanol–water partition coefficient (Wildman–Crippen LogP) is 5.98. The van der Waals surface area contributed by atoms with Crippen LogP contribution in [0, 0.1) is 0 Å². The van der Waals surface area contributed by atoms with Crippen LogP contribution in [0.4, 0.5) is 0 Å². The first kappa shape index (κ1) is 23.4. The number of carbonyl (C=O) groups is 1. The molecule has 0 saturated heterocycles. The van der Waals surface area contributed by atoms with Crippen molar-refractivity contribution in [3.05, 3.63) is 64.3 Å². The molecule has 4 atom stereocenters. The zero-order valence-corrected chi connectivity index (χ0v) is 20.6. The van der Waals surface area contributed by atoms with Crippen LogP contribution in [0.15, 0.2) is 36.4 Å². The lowest BCUT2D eigenvalue weighted by atomic mass is 9.84. The number of hydrogen-bond donors (Lipinski definition) is 2. The van der Waals surface area contributed by atoms with Gasteiger partial charge in [0.1, 0.15) is 11.8 Å². The van der Waals surface area contributed by atoms with E-state index in [9.17, 15) is 4.79 Å². The summed E-state index contributed by atoms with van der Waals surface area (Å²) in [6, 6.07) is 12.3. The summed E-state index contributed by atoms with van der Waals surface area (Å²) in [6.45, 7) is 8.92. The lowest BCUT2D eigenvalue weighted by molar-refractivity contribution is -0.143. The van der Waals surface area contributed by atoms with Crippen molar-refractivity contribution in [2.75, 3.05) is 14.2 Å². The van der Waals surface area contributed by atoms with Crippen LogP contribution < -0.4 is 10.1 Å². The molecular formula is C28H36N2O3. The fraction of sp³-hybridized carbons (Fsp3) is 0.464. The van der Waals surface area contributed by atoms with Gasteiger partial charge in [-0.1, -0.05) is 45.9 Å². The van der Waals surface area contributed by atoms with Gasteiger partial charge in [-0.3, -0.25) is 10.1 Å². The largest absolute Gasteiger partial charge is 0.496 e. The van der Waals surface area contributed by atoms with Gasteiger partial charge in [0.25, 0.3) is 0 Å². The molecule has 0 aliphatic carbocycles. The third-order valence-corrected chi connectivity index (χ3v) is 7.39. The maximum Gasteiger partial charge on any atom is 0.323 e. The summed E-state index contributed by atoms with van der Waals surface area (Å²) in [7, 11) is 3.23. The minimum Gasteiger partial charge on any atom is -0.496 e. The Bertz CT molecular complexity index is 1120. The lowest BCUT2D eigenvalue weighted by Gasteiger charge is -2.32. The molecule has 0 radical (unpaired) electrons. The van der Waals surface area contributed by atoms with Crippen LogP contribution in [-0.4, -0.2) is 31.2 Å². The topological polar surface area (TPSA) is 63.3 Å². The maximum absolute atomic E-state index is 12.6. The van der Waals surface area contributed by atoms with E-state index in [1.165, 1.54) is 29.2 Å². The molecule has 5 heteroatoms. The average Bonchev–Trinajstić information content (AvgIpc) is 3.24. The summed E-state index contributed by atoms with van der Waals surface area (Å²) in [5, 5.41) is 4.77. The number of nitrogens with one attached hydrogen (secondary N) is 2. The van der Waals surface area contributed by atoms with E-state index in [1.54, 1.807) is 7.11 Å². The van der Waals surface area contributed by atoms with Gasteiger partial charge in [-0.15, -0.1) is 0 Å². The maximum atomic E-state index is 12.6. The minimum absolute atomic E-state index is 0.137. The number of aromatic amines is 1. The molecular weight excluding hydrogens is 412 g/mol. The van der Waals surface area contributed by atoms with Crippen LogP contribution >= 0.6 is 0 Å². The van der Waals surface area contributed by atoms with Crippen LogP contribution in [0.3, 0.4) is 0 Å². The Morgan fingerprint density at radius 2 is 1.70 bits per heavy atom. The number of para-hydroxylation sites is 1. The summed E-state index contributed by atoms with van der Waals surface area (Å²) in [6.07, 6.45) is 2.66. The molecule has 0 saturated carbocycles. The first-order valence-electron chi connectivity index (χ1n) is 12.1. The van der Waals surface area contributed by atoms with Crippen molar-refractivity contribution in [1.29, 1.82) is 0 Å². The molecule has 2 heterocycles. The molecule has 5 nitrogen and oxygen atoms in total. The molecule has 2 N–H and O–H groups in total. The molecule has 0 bridgehead atoms. The second kappa shape index (κ2) is 9.60. The van der Waals surface area contributed by atoms with Gasteiger partial charge in [0.15, 0.2) is 0 Å². The lowest BCUT2D eigenvalue weighted by Crippen LogP contribution is -2.45. The number of benzene rings is 2. The van der Waals surface area contributed by atoms with Crippen molar-refractivity contribution in [2.24, 2.45) is 0 Å². The molecule has 4 rings (SSSR count). The number of rotatable bonds is 7. The number of ether oxygens (including phenoxy) is 2. The highest BCUT2D eigenvalue weighted by Gasteiger charge is 2.35. The van der Waals surface area contributed by atoms with Gasteiger partial charge < -0.3 is 14.5 Å². The first-order valence-corrected chi connectivity index (χ1v) is 12.1. The minimum atomic E-state index is -0.395. The van der Waals surface area contributed by atoms with Crippen molar-refractivity contribution in [3.8, 4) is 5.75 Å². The third kappa shape index (κ3) is 4.15. The van der Waals surface area contributed by atoms with E-state index >= 15 is 0 Å². The Labute approximate surface area is 196 Å². The van der Waals surface area contributed by atoms with E-state index in [4.69, 9.17) is 9.47 Å². The van der Waals surface area contributed by atoms with Gasteiger partial charge in [-0.25, -0.2) is 0 Å². The standard InChI is InChI=1S/C28H36N2O3/c1-7-16(3)20-13-18(14-21(17(4)8-2)27(20)32-5)25-26-22(15-24(30-25)28(31)33-6)19-11-9-10-12-23(19)29-26/h9-14,16-17,24-25,29-30H,7-8,15H2,1-6H3. The number of hydrogen-bond acceptors (Lipinski definition) is 4. The van der Waals surface area contributed by atoms with E-state index < -0.39 is 6.04 Å². The highest BCUT2D eigenvalue weighted by molar-refractivity contribution is 5.87. The summed E-state index contributed by atoms with van der Waals surface area (Å²) in [5.41, 5.74) is 7.03. The van der Waals surface area contributed by atoms with E-state index in [1.807, 2.05) is 6.07 Å². The van der Waals surface area contributed by atoms with Gasteiger partial charge in [0, 0.05) is 23.0 Å². The third-order valence-electron chi connectivity index (χ3n) is 7.39. The summed E-state index contributed by atoms with van der Waals surface area (Å²) < 4.78 is 11.1. The van der Waals surface area contributed by atoms with Gasteiger partial charge >= 0.3 is 5.97 Å². The zero-order chi connectivity index (χ0) is 23.7. The number of aromatic nitrogens is 1. The van der Waals surface area contributed by atoms with Gasteiger partial charge in [0.2, 0.25) is 0 Å². The Morgan fingerprint density at radius 1 is 1.06 bits per heavy atom. The Balaban J connectivity index is 1.94. The molecule has 4 unspecified atom stereocenters. The van der Waals surface area contributed by atoms with Crippen molar-refractivity contribution in [3.63, 3.8) is 0 Å². The van der Waals surface area contributed by atoms with Crippen LogP contribution in [0.5, 0.6) is 5.75 Å². The molecule has 3 aromatic rings. The van der Waals surface area contributed by atoms with E-state index in [-0.39, 0.29) is 12.0 Å². The van der Waals surface area contributed by atoms with E-state index in [2.05, 4.69) is 68.3 Å². The molecule has 1 aliphatic heterocycles. The molecule has 176 valence electrons. The molecule has 1 aliphatic rings. The number of methoxy groups -OCH3 is 2. The van der Waals surface area contributed by atoms with E-state index in [0.29, 0.717) is 18.3 Å². The van der Waals surface area contributed by atoms with Crippen molar-refractivity contribution < 1.29 is 14.3 Å².